The van der Waals surface area contributed by atoms with Gasteiger partial charge in [-0.1, -0.05) is 29.8 Å². The fraction of sp³-hybridized carbons (Fsp3) is 0.353. The highest BCUT2D eigenvalue weighted by Gasteiger charge is 2.51. The van der Waals surface area contributed by atoms with E-state index in [9.17, 15) is 4.79 Å². The van der Waals surface area contributed by atoms with Gasteiger partial charge in [-0.2, -0.15) is 5.10 Å². The molecule has 0 aliphatic carbocycles. The van der Waals surface area contributed by atoms with Crippen molar-refractivity contribution in [3.05, 3.63) is 47.3 Å². The SMILES string of the molecule is Cc1ccc([C@H]2SC[C@H]3C(=O)N(c4cnn(C)c4C)C(=S)N23)cc1. The molecule has 1 aromatic carbocycles. The number of aryl methyl sites for hydroxylation is 2. The number of thiocarbonyl (C=S) groups is 1. The van der Waals surface area contributed by atoms with Crippen molar-refractivity contribution in [2.45, 2.75) is 25.3 Å². The number of carbonyl (C=O) groups excluding carboxylic acids is 1. The Morgan fingerprint density at radius 1 is 1.25 bits per heavy atom. The summed E-state index contributed by atoms with van der Waals surface area (Å²) in [5.41, 5.74) is 4.14. The van der Waals surface area contributed by atoms with E-state index in [0.29, 0.717) is 5.11 Å². The second kappa shape index (κ2) is 5.60. The van der Waals surface area contributed by atoms with Gasteiger partial charge in [0.2, 0.25) is 0 Å². The summed E-state index contributed by atoms with van der Waals surface area (Å²) in [5, 5.41) is 4.92. The summed E-state index contributed by atoms with van der Waals surface area (Å²) in [5.74, 6) is 0.811. The van der Waals surface area contributed by atoms with Crippen molar-refractivity contribution in [2.75, 3.05) is 10.7 Å². The second-order valence-electron chi connectivity index (χ2n) is 6.21. The summed E-state index contributed by atoms with van der Waals surface area (Å²) in [4.78, 5) is 16.7. The molecule has 3 heterocycles. The van der Waals surface area contributed by atoms with Gasteiger partial charge in [0.1, 0.15) is 11.4 Å². The number of hydrogen-bond acceptors (Lipinski definition) is 4. The number of benzene rings is 1. The van der Waals surface area contributed by atoms with Gasteiger partial charge in [-0.05, 0) is 31.6 Å². The smallest absolute Gasteiger partial charge is 0.257 e. The third-order valence-corrected chi connectivity index (χ3v) is 6.45. The molecule has 2 fully saturated rings. The third kappa shape index (κ3) is 2.18. The van der Waals surface area contributed by atoms with Crippen LogP contribution in [0.15, 0.2) is 30.5 Å². The Labute approximate surface area is 150 Å². The Kier molecular flexibility index (Phi) is 3.65. The topological polar surface area (TPSA) is 41.4 Å². The maximum atomic E-state index is 12.9. The number of hydrogen-bond donors (Lipinski definition) is 0. The number of thioether (sulfide) groups is 1. The van der Waals surface area contributed by atoms with Crippen molar-refractivity contribution >= 4 is 40.7 Å². The van der Waals surface area contributed by atoms with Crippen molar-refractivity contribution in [2.24, 2.45) is 7.05 Å². The highest BCUT2D eigenvalue weighted by atomic mass is 32.2. The Hall–Kier alpha value is -1.86. The summed E-state index contributed by atoms with van der Waals surface area (Å²) in [6, 6.07) is 8.27. The number of amides is 1. The van der Waals surface area contributed by atoms with Crippen molar-refractivity contribution < 1.29 is 4.79 Å². The lowest BCUT2D eigenvalue weighted by molar-refractivity contribution is -0.119. The second-order valence-corrected chi connectivity index (χ2v) is 7.69. The van der Waals surface area contributed by atoms with E-state index < -0.39 is 0 Å². The zero-order valence-electron chi connectivity index (χ0n) is 13.8. The molecule has 1 aromatic heterocycles. The average Bonchev–Trinajstić information content (AvgIpc) is 3.20. The molecule has 0 saturated carbocycles. The van der Waals surface area contributed by atoms with Crippen LogP contribution in [0, 0.1) is 13.8 Å². The Morgan fingerprint density at radius 2 is 1.96 bits per heavy atom. The van der Waals surface area contributed by atoms with Crippen LogP contribution in [-0.2, 0) is 11.8 Å². The van der Waals surface area contributed by atoms with Crippen molar-refractivity contribution in [3.63, 3.8) is 0 Å². The third-order valence-electron chi connectivity index (χ3n) is 4.73. The number of fused-ring (bicyclic) bond motifs is 1. The molecule has 0 N–H and O–H groups in total. The first kappa shape index (κ1) is 15.7. The van der Waals surface area contributed by atoms with Crippen molar-refractivity contribution in [1.82, 2.24) is 14.7 Å². The van der Waals surface area contributed by atoms with Crippen molar-refractivity contribution in [3.8, 4) is 0 Å². The van der Waals surface area contributed by atoms with E-state index in [0.717, 1.165) is 17.1 Å². The summed E-state index contributed by atoms with van der Waals surface area (Å²) < 4.78 is 1.76. The van der Waals surface area contributed by atoms with Crippen LogP contribution in [0.3, 0.4) is 0 Å². The minimum atomic E-state index is -0.187. The molecule has 2 atom stereocenters. The van der Waals surface area contributed by atoms with Gasteiger partial charge >= 0.3 is 0 Å². The molecule has 2 saturated heterocycles. The molecule has 1 amide bonds. The first-order valence-corrected chi connectivity index (χ1v) is 9.28. The molecule has 5 nitrogen and oxygen atoms in total. The largest absolute Gasteiger partial charge is 0.319 e. The molecular formula is C17H18N4OS2. The average molecular weight is 358 g/mol. The minimum absolute atomic E-state index is 0.0539. The van der Waals surface area contributed by atoms with Crippen LogP contribution in [0.5, 0.6) is 0 Å². The van der Waals surface area contributed by atoms with Gasteiger partial charge in [0, 0.05) is 12.8 Å². The molecule has 0 spiro atoms. The van der Waals surface area contributed by atoms with E-state index in [1.807, 2.05) is 14.0 Å². The lowest BCUT2D eigenvalue weighted by atomic mass is 10.1. The first-order chi connectivity index (χ1) is 11.5. The van der Waals surface area contributed by atoms with Crippen LogP contribution in [0.25, 0.3) is 0 Å². The number of carbonyl (C=O) groups is 1. The molecule has 0 radical (unpaired) electrons. The summed E-state index contributed by atoms with van der Waals surface area (Å²) in [7, 11) is 1.87. The van der Waals surface area contributed by atoms with E-state index in [1.165, 1.54) is 11.1 Å². The molecule has 2 aliphatic heterocycles. The molecule has 124 valence electrons. The Morgan fingerprint density at radius 3 is 2.58 bits per heavy atom. The number of anilines is 1. The fourth-order valence-corrected chi connectivity index (χ4v) is 5.12. The number of rotatable bonds is 2. The van der Waals surface area contributed by atoms with E-state index in [1.54, 1.807) is 27.5 Å². The zero-order chi connectivity index (χ0) is 17.0. The monoisotopic (exact) mass is 358 g/mol. The predicted molar refractivity (Wildman–Crippen MR) is 100 cm³/mol. The molecule has 24 heavy (non-hydrogen) atoms. The van der Waals surface area contributed by atoms with Crippen LogP contribution >= 0.6 is 24.0 Å². The Bertz CT molecular complexity index is 830. The van der Waals surface area contributed by atoms with Gasteiger partial charge in [-0.3, -0.25) is 14.4 Å². The van der Waals surface area contributed by atoms with Crippen molar-refractivity contribution in [1.29, 1.82) is 0 Å². The number of aromatic nitrogens is 2. The van der Waals surface area contributed by atoms with Gasteiger partial charge in [-0.25, -0.2) is 0 Å². The van der Waals surface area contributed by atoms with Gasteiger partial charge in [0.05, 0.1) is 17.6 Å². The molecule has 7 heteroatoms. The van der Waals surface area contributed by atoms with E-state index in [4.69, 9.17) is 12.2 Å². The summed E-state index contributed by atoms with van der Waals surface area (Å²) >= 11 is 7.47. The van der Waals surface area contributed by atoms with Crippen LogP contribution in [0.2, 0.25) is 0 Å². The van der Waals surface area contributed by atoms with E-state index in [2.05, 4.69) is 41.2 Å². The number of nitrogens with zero attached hydrogens (tertiary/aromatic N) is 4. The van der Waals surface area contributed by atoms with Gasteiger partial charge in [0.15, 0.2) is 5.11 Å². The minimum Gasteiger partial charge on any atom is -0.319 e. The lowest BCUT2D eigenvalue weighted by Gasteiger charge is -2.25. The quantitative estimate of drug-likeness (QED) is 0.772. The molecule has 2 aliphatic rings. The summed E-state index contributed by atoms with van der Waals surface area (Å²) in [6.07, 6.45) is 1.72. The van der Waals surface area contributed by atoms with Gasteiger partial charge < -0.3 is 4.90 Å². The lowest BCUT2D eigenvalue weighted by Crippen LogP contribution is -2.33. The first-order valence-electron chi connectivity index (χ1n) is 7.82. The van der Waals surface area contributed by atoms with Gasteiger partial charge in [-0.15, -0.1) is 11.8 Å². The zero-order valence-corrected chi connectivity index (χ0v) is 15.4. The standard InChI is InChI=1S/C17H18N4OS2/c1-10-4-6-12(7-5-10)16-21-14(9-24-16)15(22)20(17(21)23)13-8-18-19(3)11(13)2/h4-8,14,16H,9H2,1-3H3/t14-,16+/m0/s1. The van der Waals surface area contributed by atoms with Gasteiger partial charge in [0.25, 0.3) is 5.91 Å². The van der Waals surface area contributed by atoms with Crippen LogP contribution in [0.1, 0.15) is 22.2 Å². The molecule has 4 rings (SSSR count). The maximum absolute atomic E-state index is 12.9. The normalized spacial score (nSPS) is 23.3. The highest BCUT2D eigenvalue weighted by Crippen LogP contribution is 2.46. The molecule has 2 aromatic rings. The molecule has 0 unspecified atom stereocenters. The molecular weight excluding hydrogens is 340 g/mol. The van der Waals surface area contributed by atoms with Crippen LogP contribution in [0.4, 0.5) is 5.69 Å². The highest BCUT2D eigenvalue weighted by molar-refractivity contribution is 7.99. The van der Waals surface area contributed by atoms with E-state index in [-0.39, 0.29) is 17.3 Å². The predicted octanol–water partition coefficient (Wildman–Crippen LogP) is 2.78. The molecule has 0 bridgehead atoms. The Balaban J connectivity index is 1.70. The van der Waals surface area contributed by atoms with Crippen LogP contribution < -0.4 is 4.90 Å². The van der Waals surface area contributed by atoms with E-state index >= 15 is 0 Å². The maximum Gasteiger partial charge on any atom is 0.257 e. The fourth-order valence-electron chi connectivity index (χ4n) is 3.21. The summed E-state index contributed by atoms with van der Waals surface area (Å²) in [6.45, 7) is 4.03. The van der Waals surface area contributed by atoms with Crippen LogP contribution in [-0.4, -0.2) is 37.5 Å².